The highest BCUT2D eigenvalue weighted by Crippen LogP contribution is 2.39. The van der Waals surface area contributed by atoms with Gasteiger partial charge < -0.3 is 19.0 Å². The Morgan fingerprint density at radius 3 is 2.88 bits per heavy atom. The summed E-state index contributed by atoms with van der Waals surface area (Å²) < 4.78 is 16.1. The van der Waals surface area contributed by atoms with Crippen LogP contribution in [0.15, 0.2) is 22.6 Å². The van der Waals surface area contributed by atoms with E-state index >= 15 is 0 Å². The number of carbonyl (C=O) groups is 1. The van der Waals surface area contributed by atoms with Crippen molar-refractivity contribution in [2.24, 2.45) is 5.92 Å². The molecule has 24 heavy (non-hydrogen) atoms. The van der Waals surface area contributed by atoms with E-state index in [1.165, 1.54) is 0 Å². The Morgan fingerprint density at radius 1 is 1.29 bits per heavy atom. The van der Waals surface area contributed by atoms with Gasteiger partial charge in [-0.2, -0.15) is 0 Å². The maximum atomic E-state index is 11.7. The van der Waals surface area contributed by atoms with Crippen LogP contribution in [-0.2, 0) is 11.3 Å². The van der Waals surface area contributed by atoms with Crippen LogP contribution in [0.4, 0.5) is 0 Å². The highest BCUT2D eigenvalue weighted by atomic mass is 16.7. The molecule has 1 aromatic carbocycles. The van der Waals surface area contributed by atoms with E-state index in [-0.39, 0.29) is 12.7 Å². The lowest BCUT2D eigenvalue weighted by Crippen LogP contribution is -2.23. The van der Waals surface area contributed by atoms with E-state index in [9.17, 15) is 9.90 Å². The summed E-state index contributed by atoms with van der Waals surface area (Å²) in [4.78, 5) is 13.7. The van der Waals surface area contributed by atoms with Crippen molar-refractivity contribution in [3.05, 3.63) is 35.5 Å². The Hall–Kier alpha value is -2.61. The zero-order valence-electron chi connectivity index (χ0n) is 13.1. The fraction of sp³-hybridized carbons (Fsp3) is 0.438. The minimum Gasteiger partial charge on any atom is -0.481 e. The van der Waals surface area contributed by atoms with Gasteiger partial charge in [-0.25, -0.2) is 0 Å². The number of aromatic nitrogens is 2. The zero-order chi connectivity index (χ0) is 16.7. The molecule has 1 aromatic heterocycles. The van der Waals surface area contributed by atoms with Crippen molar-refractivity contribution >= 4 is 5.97 Å². The molecule has 4 rings (SSSR count). The summed E-state index contributed by atoms with van der Waals surface area (Å²) in [6, 6.07) is 5.62. The molecule has 2 atom stereocenters. The van der Waals surface area contributed by atoms with Crippen LogP contribution < -0.4 is 9.47 Å². The van der Waals surface area contributed by atoms with E-state index < -0.39 is 11.9 Å². The van der Waals surface area contributed by atoms with Crippen molar-refractivity contribution in [3.63, 3.8) is 0 Å². The van der Waals surface area contributed by atoms with Crippen LogP contribution >= 0.6 is 0 Å². The summed E-state index contributed by atoms with van der Waals surface area (Å²) in [6.45, 7) is 3.43. The number of nitrogens with zero attached hydrogens (tertiary/aromatic N) is 3. The average molecular weight is 331 g/mol. The minimum atomic E-state index is -0.804. The third kappa shape index (κ3) is 2.69. The monoisotopic (exact) mass is 331 g/mol. The summed E-state index contributed by atoms with van der Waals surface area (Å²) in [7, 11) is 0. The lowest BCUT2D eigenvalue weighted by Gasteiger charge is -2.15. The summed E-state index contributed by atoms with van der Waals surface area (Å²) >= 11 is 0. The molecule has 0 amide bonds. The molecule has 2 aliphatic rings. The standard InChI is InChI=1S/C16H17N3O5/c1-9-17-18-15(24-9)7-19-5-11(12(6-19)16(20)21)10-2-3-13-14(4-10)23-8-22-13/h2-4,11-12H,5-8H2,1H3,(H,20,21)/t11-,12+/m0/s1. The molecule has 0 spiro atoms. The Kier molecular flexibility index (Phi) is 3.61. The van der Waals surface area contributed by atoms with Crippen molar-refractivity contribution in [2.45, 2.75) is 19.4 Å². The van der Waals surface area contributed by atoms with Crippen molar-refractivity contribution in [3.8, 4) is 11.5 Å². The molecule has 0 aliphatic carbocycles. The molecule has 2 aliphatic heterocycles. The number of aliphatic carboxylic acids is 1. The topological polar surface area (TPSA) is 97.9 Å². The Bertz CT molecular complexity index is 775. The van der Waals surface area contributed by atoms with Crippen LogP contribution in [-0.4, -0.2) is 46.1 Å². The van der Waals surface area contributed by atoms with Gasteiger partial charge in [-0.05, 0) is 17.7 Å². The molecule has 1 fully saturated rings. The summed E-state index contributed by atoms with van der Waals surface area (Å²) in [6.07, 6.45) is 0. The second-order valence-electron chi connectivity index (χ2n) is 6.07. The first-order valence-corrected chi connectivity index (χ1v) is 7.74. The minimum absolute atomic E-state index is 0.124. The van der Waals surface area contributed by atoms with Gasteiger partial charge in [0.05, 0.1) is 12.5 Å². The second-order valence-corrected chi connectivity index (χ2v) is 6.07. The van der Waals surface area contributed by atoms with Gasteiger partial charge in [0.2, 0.25) is 18.6 Å². The van der Waals surface area contributed by atoms with Crippen molar-refractivity contribution in [1.29, 1.82) is 0 Å². The molecule has 0 radical (unpaired) electrons. The molecule has 2 aromatic rings. The summed E-state index contributed by atoms with van der Waals surface area (Å²) in [5.74, 6) is 0.955. The number of benzene rings is 1. The number of hydrogen-bond donors (Lipinski definition) is 1. The first-order valence-electron chi connectivity index (χ1n) is 7.74. The maximum Gasteiger partial charge on any atom is 0.308 e. The van der Waals surface area contributed by atoms with E-state index in [1.54, 1.807) is 6.92 Å². The van der Waals surface area contributed by atoms with Gasteiger partial charge in [-0.3, -0.25) is 9.69 Å². The summed E-state index contributed by atoms with van der Waals surface area (Å²) in [5.41, 5.74) is 0.941. The second kappa shape index (κ2) is 5.79. The van der Waals surface area contributed by atoms with Crippen LogP contribution in [0.25, 0.3) is 0 Å². The predicted octanol–water partition coefficient (Wildman–Crippen LogP) is 1.41. The van der Waals surface area contributed by atoms with Gasteiger partial charge >= 0.3 is 5.97 Å². The lowest BCUT2D eigenvalue weighted by molar-refractivity contribution is -0.141. The number of carboxylic acids is 1. The van der Waals surface area contributed by atoms with E-state index in [1.807, 2.05) is 23.1 Å². The fourth-order valence-corrected chi connectivity index (χ4v) is 3.34. The normalized spacial score (nSPS) is 22.9. The van der Waals surface area contributed by atoms with Gasteiger partial charge in [0, 0.05) is 25.9 Å². The van der Waals surface area contributed by atoms with Crippen LogP contribution in [0.3, 0.4) is 0 Å². The van der Waals surface area contributed by atoms with E-state index in [2.05, 4.69) is 10.2 Å². The van der Waals surface area contributed by atoms with E-state index in [0.29, 0.717) is 42.9 Å². The number of fused-ring (bicyclic) bond motifs is 1. The Labute approximate surface area is 138 Å². The number of likely N-dealkylation sites (tertiary alicyclic amines) is 1. The third-order valence-corrected chi connectivity index (χ3v) is 4.46. The largest absolute Gasteiger partial charge is 0.481 e. The molecule has 8 heteroatoms. The van der Waals surface area contributed by atoms with E-state index in [4.69, 9.17) is 13.9 Å². The van der Waals surface area contributed by atoms with Crippen LogP contribution in [0.2, 0.25) is 0 Å². The van der Waals surface area contributed by atoms with Crippen molar-refractivity contribution in [2.75, 3.05) is 19.9 Å². The number of ether oxygens (including phenoxy) is 2. The number of carboxylic acid groups (broad SMARTS) is 1. The smallest absolute Gasteiger partial charge is 0.308 e. The molecule has 3 heterocycles. The third-order valence-electron chi connectivity index (χ3n) is 4.46. The molecule has 0 saturated carbocycles. The predicted molar refractivity (Wildman–Crippen MR) is 80.7 cm³/mol. The molecule has 1 saturated heterocycles. The molecular weight excluding hydrogens is 314 g/mol. The van der Waals surface area contributed by atoms with Crippen LogP contribution in [0.5, 0.6) is 11.5 Å². The summed E-state index contributed by atoms with van der Waals surface area (Å²) in [5, 5.41) is 17.4. The maximum absolute atomic E-state index is 11.7. The highest BCUT2D eigenvalue weighted by Gasteiger charge is 2.39. The molecule has 8 nitrogen and oxygen atoms in total. The van der Waals surface area contributed by atoms with E-state index in [0.717, 1.165) is 5.56 Å². The quantitative estimate of drug-likeness (QED) is 0.898. The molecular formula is C16H17N3O5. The van der Waals surface area contributed by atoms with Crippen LogP contribution in [0, 0.1) is 12.8 Å². The van der Waals surface area contributed by atoms with Gasteiger partial charge in [-0.1, -0.05) is 6.07 Å². The lowest BCUT2D eigenvalue weighted by atomic mass is 9.89. The van der Waals surface area contributed by atoms with Crippen molar-refractivity contribution in [1.82, 2.24) is 15.1 Å². The molecule has 0 unspecified atom stereocenters. The molecule has 0 bridgehead atoms. The van der Waals surface area contributed by atoms with Gasteiger partial charge in [0.25, 0.3) is 0 Å². The zero-order valence-corrected chi connectivity index (χ0v) is 13.1. The Balaban J connectivity index is 1.55. The molecule has 126 valence electrons. The van der Waals surface area contributed by atoms with Gasteiger partial charge in [0.15, 0.2) is 11.5 Å². The first kappa shape index (κ1) is 14.9. The van der Waals surface area contributed by atoms with Gasteiger partial charge in [-0.15, -0.1) is 10.2 Å². The first-order chi connectivity index (χ1) is 11.6. The fourth-order valence-electron chi connectivity index (χ4n) is 3.34. The Morgan fingerprint density at radius 2 is 2.12 bits per heavy atom. The van der Waals surface area contributed by atoms with Crippen molar-refractivity contribution < 1.29 is 23.8 Å². The average Bonchev–Trinajstić information content (AvgIpc) is 3.26. The highest BCUT2D eigenvalue weighted by molar-refractivity contribution is 5.72. The number of aryl methyl sites for hydroxylation is 1. The molecule has 1 N–H and O–H groups in total. The SMILES string of the molecule is Cc1nnc(CN2C[C@@H](C(=O)O)[C@H](c3ccc4c(c3)OCO4)C2)o1. The number of rotatable bonds is 4. The van der Waals surface area contributed by atoms with Crippen LogP contribution in [0.1, 0.15) is 23.3 Å². The number of hydrogen-bond acceptors (Lipinski definition) is 7. The van der Waals surface area contributed by atoms with Gasteiger partial charge in [0.1, 0.15) is 0 Å².